The van der Waals surface area contributed by atoms with Crippen LogP contribution in [0.4, 0.5) is 5.69 Å². The Bertz CT molecular complexity index is 1770. The third-order valence-electron chi connectivity index (χ3n) is 6.66. The molecule has 0 saturated heterocycles. The van der Waals surface area contributed by atoms with Crippen LogP contribution in [0.1, 0.15) is 30.2 Å². The second-order valence-electron chi connectivity index (χ2n) is 9.94. The third kappa shape index (κ3) is 7.45. The first-order valence-corrected chi connectivity index (χ1v) is 13.3. The molecule has 236 valence electrons. The lowest BCUT2D eigenvalue weighted by Gasteiger charge is -2.24. The Kier molecular flexibility index (Phi) is 9.52. The van der Waals surface area contributed by atoms with E-state index in [2.05, 4.69) is 15.4 Å². The zero-order valence-corrected chi connectivity index (χ0v) is 24.6. The molecule has 15 nitrogen and oxygen atoms in total. The van der Waals surface area contributed by atoms with E-state index in [1.807, 2.05) is 0 Å². The minimum absolute atomic E-state index is 0.0404. The van der Waals surface area contributed by atoms with E-state index in [0.717, 1.165) is 0 Å². The fourth-order valence-corrected chi connectivity index (χ4v) is 4.47. The van der Waals surface area contributed by atoms with Crippen LogP contribution < -0.4 is 19.5 Å². The number of aromatic nitrogens is 3. The summed E-state index contributed by atoms with van der Waals surface area (Å²) >= 11 is 0. The maximum atomic E-state index is 13.5. The Morgan fingerprint density at radius 2 is 1.71 bits per heavy atom. The molecule has 4 N–H and O–H groups in total. The molecule has 4 rings (SSSR count). The van der Waals surface area contributed by atoms with E-state index in [1.54, 1.807) is 51.5 Å². The van der Waals surface area contributed by atoms with Gasteiger partial charge in [0.05, 0.1) is 44.0 Å². The molecule has 1 amide bonds. The van der Waals surface area contributed by atoms with Crippen LogP contribution in [0.15, 0.2) is 54.9 Å². The molecule has 0 fully saturated rings. The van der Waals surface area contributed by atoms with Crippen molar-refractivity contribution in [2.24, 2.45) is 7.05 Å². The lowest BCUT2D eigenvalue weighted by Crippen LogP contribution is -2.43. The smallest absolute Gasteiger partial charge is 0.336 e. The van der Waals surface area contributed by atoms with Crippen LogP contribution in [0.2, 0.25) is 0 Å². The number of benzene rings is 2. The molecule has 2 heterocycles. The number of fused-ring (bicyclic) bond motifs is 1. The number of carboxylic acid groups (broad SMARTS) is 2. The van der Waals surface area contributed by atoms with E-state index in [9.17, 15) is 29.4 Å². The zero-order valence-electron chi connectivity index (χ0n) is 24.6. The summed E-state index contributed by atoms with van der Waals surface area (Å²) in [6.07, 6.45) is -1.20. The van der Waals surface area contributed by atoms with Gasteiger partial charge >= 0.3 is 17.9 Å². The Hall–Kier alpha value is -5.70. The zero-order chi connectivity index (χ0) is 32.9. The molecule has 15 heteroatoms. The summed E-state index contributed by atoms with van der Waals surface area (Å²) in [5.41, 5.74) is -1.57. The molecular formula is C30H30N4O11. The fraction of sp³-hybridized carbons (Fsp3) is 0.267. The van der Waals surface area contributed by atoms with Gasteiger partial charge in [-0.3, -0.25) is 24.0 Å². The molecule has 4 aromatic rings. The number of aliphatic hydroxyl groups is 1. The van der Waals surface area contributed by atoms with Crippen LogP contribution in [-0.4, -0.2) is 73.7 Å². The quantitative estimate of drug-likeness (QED) is 0.158. The number of hydrogen-bond acceptors (Lipinski definition) is 11. The van der Waals surface area contributed by atoms with Crippen molar-refractivity contribution in [3.63, 3.8) is 0 Å². The number of methoxy groups -OCH3 is 2. The van der Waals surface area contributed by atoms with Gasteiger partial charge in [-0.2, -0.15) is 5.10 Å². The highest BCUT2D eigenvalue weighted by Crippen LogP contribution is 2.37. The molecule has 0 bridgehead atoms. The number of anilines is 1. The molecule has 0 spiro atoms. The normalized spacial score (nSPS) is 12.9. The number of esters is 1. The maximum absolute atomic E-state index is 13.5. The second-order valence-corrected chi connectivity index (χ2v) is 9.94. The first kappa shape index (κ1) is 32.2. The Morgan fingerprint density at radius 1 is 0.978 bits per heavy atom. The molecule has 0 aliphatic rings. The summed E-state index contributed by atoms with van der Waals surface area (Å²) < 4.78 is 23.7. The Labute approximate surface area is 255 Å². The predicted molar refractivity (Wildman–Crippen MR) is 156 cm³/mol. The first-order chi connectivity index (χ1) is 21.3. The number of rotatable bonds is 13. The van der Waals surface area contributed by atoms with Crippen molar-refractivity contribution < 1.29 is 53.4 Å². The molecule has 45 heavy (non-hydrogen) atoms. The van der Waals surface area contributed by atoms with Crippen LogP contribution in [-0.2, 0) is 31.0 Å². The number of carbonyl (C=O) groups is 4. The van der Waals surface area contributed by atoms with Crippen molar-refractivity contribution in [1.29, 1.82) is 0 Å². The summed E-state index contributed by atoms with van der Waals surface area (Å²) in [5.74, 6) is -4.41. The molecule has 0 saturated carbocycles. The van der Waals surface area contributed by atoms with Gasteiger partial charge < -0.3 is 39.6 Å². The standard InChI is InChI=1S/C30H30N4O11/c1-16-22(15-34(2)33-16)32-28(38)27(45-26(37)14-30(41,29(39)40)13-25(35)36)20-8-6-18(12-24(20)43-4)44-23-9-10-31-21-11-17(42-3)5-7-19(21)23/h5-12,15,27,41H,13-14H2,1-4H3,(H,32,38)(H,35,36)(H,39,40). The summed E-state index contributed by atoms with van der Waals surface area (Å²) in [6.45, 7) is 1.64. The number of pyridine rings is 1. The van der Waals surface area contributed by atoms with E-state index in [1.165, 1.54) is 36.2 Å². The number of amides is 1. The summed E-state index contributed by atoms with van der Waals surface area (Å²) in [4.78, 5) is 53.5. The highest BCUT2D eigenvalue weighted by molar-refractivity contribution is 5.97. The Balaban J connectivity index is 1.68. The van der Waals surface area contributed by atoms with Crippen LogP contribution in [0.5, 0.6) is 23.0 Å². The average Bonchev–Trinajstić information content (AvgIpc) is 3.30. The van der Waals surface area contributed by atoms with Gasteiger partial charge in [0.25, 0.3) is 5.91 Å². The number of aryl methyl sites for hydroxylation is 2. The van der Waals surface area contributed by atoms with Crippen molar-refractivity contribution in [3.8, 4) is 23.0 Å². The molecule has 0 aliphatic heterocycles. The van der Waals surface area contributed by atoms with Crippen LogP contribution in [0.3, 0.4) is 0 Å². The molecule has 2 aromatic carbocycles. The third-order valence-corrected chi connectivity index (χ3v) is 6.66. The van der Waals surface area contributed by atoms with Crippen molar-refractivity contribution in [2.45, 2.75) is 31.5 Å². The molecule has 2 unspecified atom stereocenters. The van der Waals surface area contributed by atoms with Crippen LogP contribution in [0.25, 0.3) is 10.9 Å². The van der Waals surface area contributed by atoms with E-state index in [0.29, 0.717) is 33.8 Å². The van der Waals surface area contributed by atoms with Gasteiger partial charge in [-0.25, -0.2) is 4.79 Å². The molecular weight excluding hydrogens is 592 g/mol. The van der Waals surface area contributed by atoms with E-state index < -0.39 is 48.4 Å². The maximum Gasteiger partial charge on any atom is 0.336 e. The van der Waals surface area contributed by atoms with Gasteiger partial charge in [0.1, 0.15) is 23.0 Å². The molecule has 0 radical (unpaired) electrons. The Morgan fingerprint density at radius 3 is 2.33 bits per heavy atom. The summed E-state index contributed by atoms with van der Waals surface area (Å²) in [5, 5.41) is 36.3. The van der Waals surface area contributed by atoms with Crippen molar-refractivity contribution in [2.75, 3.05) is 19.5 Å². The number of nitrogens with zero attached hydrogens (tertiary/aromatic N) is 3. The number of aliphatic carboxylic acids is 2. The SMILES string of the molecule is COc1ccc2c(Oc3ccc(C(OC(=O)CC(O)(CC(=O)O)C(=O)O)C(=O)Nc4cn(C)nc4C)c(OC)c3)ccnc2c1. The van der Waals surface area contributed by atoms with Crippen molar-refractivity contribution in [3.05, 3.63) is 66.1 Å². The molecule has 2 aromatic heterocycles. The van der Waals surface area contributed by atoms with Crippen LogP contribution in [0, 0.1) is 6.92 Å². The monoisotopic (exact) mass is 622 g/mol. The lowest BCUT2D eigenvalue weighted by molar-refractivity contribution is -0.174. The second kappa shape index (κ2) is 13.3. The van der Waals surface area contributed by atoms with E-state index in [4.69, 9.17) is 24.1 Å². The van der Waals surface area contributed by atoms with Gasteiger partial charge in [-0.15, -0.1) is 0 Å². The van der Waals surface area contributed by atoms with Crippen molar-refractivity contribution >= 4 is 40.4 Å². The van der Waals surface area contributed by atoms with E-state index >= 15 is 0 Å². The summed E-state index contributed by atoms with van der Waals surface area (Å²) in [7, 11) is 4.49. The lowest BCUT2D eigenvalue weighted by atomic mass is 9.96. The number of hydrogen-bond donors (Lipinski definition) is 4. The number of ether oxygens (including phenoxy) is 4. The average molecular weight is 623 g/mol. The first-order valence-electron chi connectivity index (χ1n) is 13.3. The minimum Gasteiger partial charge on any atom is -0.497 e. The fourth-order valence-electron chi connectivity index (χ4n) is 4.47. The highest BCUT2D eigenvalue weighted by Gasteiger charge is 2.42. The largest absolute Gasteiger partial charge is 0.497 e. The number of carboxylic acids is 2. The van der Waals surface area contributed by atoms with Gasteiger partial charge in [0.15, 0.2) is 5.60 Å². The van der Waals surface area contributed by atoms with Gasteiger partial charge in [-0.1, -0.05) is 0 Å². The van der Waals surface area contributed by atoms with Gasteiger partial charge in [-0.05, 0) is 37.3 Å². The predicted octanol–water partition coefficient (Wildman–Crippen LogP) is 2.99. The number of nitrogens with one attached hydrogen (secondary N) is 1. The summed E-state index contributed by atoms with van der Waals surface area (Å²) in [6, 6.07) is 11.3. The topological polar surface area (TPSA) is 209 Å². The molecule has 0 aliphatic carbocycles. The van der Waals surface area contributed by atoms with E-state index in [-0.39, 0.29) is 17.1 Å². The van der Waals surface area contributed by atoms with Crippen molar-refractivity contribution in [1.82, 2.24) is 14.8 Å². The van der Waals surface area contributed by atoms with Gasteiger partial charge in [0, 0.05) is 42.5 Å². The van der Waals surface area contributed by atoms with Gasteiger partial charge in [0.2, 0.25) is 6.10 Å². The minimum atomic E-state index is -2.98. The van der Waals surface area contributed by atoms with Crippen LogP contribution >= 0.6 is 0 Å². The molecule has 2 atom stereocenters. The number of carbonyl (C=O) groups excluding carboxylic acids is 2. The highest BCUT2D eigenvalue weighted by atomic mass is 16.6.